The molecule has 3 rings (SSSR count). The Hall–Kier alpha value is -2.24. The van der Waals surface area contributed by atoms with Crippen LogP contribution in [0.25, 0.3) is 11.1 Å². The molecule has 1 aliphatic carbocycles. The fourth-order valence-corrected chi connectivity index (χ4v) is 3.54. The van der Waals surface area contributed by atoms with E-state index < -0.39 is 0 Å². The molecular formula is C19H15OP. The lowest BCUT2D eigenvalue weighted by molar-refractivity contribution is -0.110. The number of ketones is 1. The van der Waals surface area contributed by atoms with E-state index in [4.69, 9.17) is 0 Å². The lowest BCUT2D eigenvalue weighted by atomic mass is 10.0. The van der Waals surface area contributed by atoms with Gasteiger partial charge in [-0.15, -0.1) is 0 Å². The molecule has 2 heteroatoms. The molecule has 0 spiro atoms. The summed E-state index contributed by atoms with van der Waals surface area (Å²) in [6.45, 7) is 1.91. The first-order valence-electron chi connectivity index (χ1n) is 6.82. The van der Waals surface area contributed by atoms with Crippen molar-refractivity contribution in [1.82, 2.24) is 0 Å². The Morgan fingerprint density at radius 3 is 1.76 bits per heavy atom. The van der Waals surface area contributed by atoms with Crippen molar-refractivity contribution in [3.63, 3.8) is 0 Å². The number of benzene rings is 2. The van der Waals surface area contributed by atoms with Crippen LogP contribution in [-0.4, -0.2) is 12.1 Å². The van der Waals surface area contributed by atoms with Gasteiger partial charge in [0.25, 0.3) is 0 Å². The van der Waals surface area contributed by atoms with Crippen LogP contribution >= 0.6 is 8.20 Å². The zero-order chi connectivity index (χ0) is 14.8. The minimum atomic E-state index is 0.117. The fraction of sp³-hybridized carbons (Fsp3) is 0.0526. The molecule has 21 heavy (non-hydrogen) atoms. The van der Waals surface area contributed by atoms with Crippen molar-refractivity contribution in [1.29, 1.82) is 0 Å². The highest BCUT2D eigenvalue weighted by Crippen LogP contribution is 2.45. The number of allylic oxidation sites excluding steroid dienone is 4. The molecule has 0 heterocycles. The molecule has 0 unspecified atom stereocenters. The second-order valence-corrected chi connectivity index (χ2v) is 5.71. The van der Waals surface area contributed by atoms with Crippen molar-refractivity contribution in [2.45, 2.75) is 6.92 Å². The van der Waals surface area contributed by atoms with Gasteiger partial charge in [0.05, 0.1) is 0 Å². The molecular weight excluding hydrogens is 275 g/mol. The van der Waals surface area contributed by atoms with Gasteiger partial charge in [0.1, 0.15) is 0 Å². The highest BCUT2D eigenvalue weighted by Gasteiger charge is 2.30. The molecule has 0 N–H and O–H groups in total. The number of hydrogen-bond acceptors (Lipinski definition) is 1. The molecule has 0 aliphatic heterocycles. The van der Waals surface area contributed by atoms with Crippen LogP contribution in [0.2, 0.25) is 0 Å². The fourth-order valence-electron chi connectivity index (χ4n) is 2.70. The summed E-state index contributed by atoms with van der Waals surface area (Å²) in [5, 5.41) is 1.02. The molecule has 0 saturated heterocycles. The molecule has 0 fully saturated rings. The lowest BCUT2D eigenvalue weighted by Crippen LogP contribution is -1.99. The first kappa shape index (κ1) is 13.7. The van der Waals surface area contributed by atoms with Crippen LogP contribution in [0.3, 0.4) is 0 Å². The van der Waals surface area contributed by atoms with E-state index in [9.17, 15) is 4.79 Å². The van der Waals surface area contributed by atoms with Crippen LogP contribution < -0.4 is 0 Å². The van der Waals surface area contributed by atoms with E-state index in [1.54, 1.807) is 0 Å². The highest BCUT2D eigenvalue weighted by molar-refractivity contribution is 7.43. The average molecular weight is 290 g/mol. The van der Waals surface area contributed by atoms with Crippen LogP contribution in [-0.2, 0) is 4.79 Å². The van der Waals surface area contributed by atoms with E-state index in [0.29, 0.717) is 0 Å². The zero-order valence-corrected chi connectivity index (χ0v) is 12.7. The first-order valence-corrected chi connectivity index (χ1v) is 7.89. The number of Topliss-reactive ketones (excluding diaryl/α,β-unsaturated/α-hetero) is 1. The molecule has 0 aromatic heterocycles. The van der Waals surface area contributed by atoms with Gasteiger partial charge >= 0.3 is 0 Å². The van der Waals surface area contributed by atoms with Gasteiger partial charge in [-0.2, -0.15) is 0 Å². The highest BCUT2D eigenvalue weighted by atomic mass is 31.1. The number of rotatable bonds is 3. The van der Waals surface area contributed by atoms with Gasteiger partial charge in [0.2, 0.25) is 0 Å². The summed E-state index contributed by atoms with van der Waals surface area (Å²) < 4.78 is 0. The third kappa shape index (κ3) is 2.30. The second kappa shape index (κ2) is 5.63. The maximum atomic E-state index is 12.7. The number of carbonyl (C=O) groups is 1. The van der Waals surface area contributed by atoms with Crippen molar-refractivity contribution >= 4 is 31.4 Å². The monoisotopic (exact) mass is 290 g/mol. The maximum absolute atomic E-state index is 12.7. The largest absolute Gasteiger partial charge is 0.289 e. The third-order valence-electron chi connectivity index (χ3n) is 3.70. The minimum absolute atomic E-state index is 0.117. The van der Waals surface area contributed by atoms with Gasteiger partial charge in [0, 0.05) is 22.0 Å². The van der Waals surface area contributed by atoms with E-state index in [1.807, 2.05) is 67.6 Å². The number of hydrogen-bond donors (Lipinski definition) is 0. The van der Waals surface area contributed by atoms with E-state index in [0.717, 1.165) is 41.4 Å². The summed E-state index contributed by atoms with van der Waals surface area (Å²) in [7, 11) is 0.871. The smallest absolute Gasteiger partial charge is 0.190 e. The standard InChI is InChI=1S/C19H15OP/c1-13-16(14-9-5-3-6-10-14)19(21-2)17(18(13)20)15-11-7-4-8-12-15/h3-12H,2H2,1H3. The summed E-state index contributed by atoms with van der Waals surface area (Å²) in [4.78, 5) is 12.7. The van der Waals surface area contributed by atoms with Crippen LogP contribution in [0, 0.1) is 0 Å². The lowest BCUT2D eigenvalue weighted by Gasteiger charge is -2.07. The third-order valence-corrected chi connectivity index (χ3v) is 4.46. The molecule has 2 aromatic rings. The summed E-state index contributed by atoms with van der Waals surface area (Å²) >= 11 is 0. The van der Waals surface area contributed by atoms with Crippen molar-refractivity contribution in [2.75, 3.05) is 0 Å². The van der Waals surface area contributed by atoms with Crippen LogP contribution in [0.4, 0.5) is 0 Å². The summed E-state index contributed by atoms with van der Waals surface area (Å²) in [6, 6.07) is 19.9. The van der Waals surface area contributed by atoms with Gasteiger partial charge in [-0.05, 0) is 18.1 Å². The van der Waals surface area contributed by atoms with E-state index in [-0.39, 0.29) is 5.78 Å². The van der Waals surface area contributed by atoms with Crippen molar-refractivity contribution in [3.05, 3.63) is 82.7 Å². The Balaban J connectivity index is 2.23. The molecule has 1 nitrogen and oxygen atoms in total. The second-order valence-electron chi connectivity index (χ2n) is 4.94. The summed E-state index contributed by atoms with van der Waals surface area (Å²) in [5.74, 6) is 0.117. The maximum Gasteiger partial charge on any atom is 0.190 e. The Morgan fingerprint density at radius 2 is 1.29 bits per heavy atom. The zero-order valence-electron chi connectivity index (χ0n) is 11.8. The minimum Gasteiger partial charge on any atom is -0.289 e. The molecule has 1 aliphatic rings. The Morgan fingerprint density at radius 1 is 0.810 bits per heavy atom. The first-order chi connectivity index (χ1) is 10.2. The molecule has 102 valence electrons. The molecule has 0 amide bonds. The van der Waals surface area contributed by atoms with Gasteiger partial charge in [-0.25, -0.2) is 0 Å². The van der Waals surface area contributed by atoms with Crippen LogP contribution in [0.1, 0.15) is 18.1 Å². The SMILES string of the molecule is C=PC1=C(c2ccccc2)C(=O)C(C)=C1c1ccccc1. The van der Waals surface area contributed by atoms with Gasteiger partial charge < -0.3 is 0 Å². The predicted molar refractivity (Wildman–Crippen MR) is 91.4 cm³/mol. The summed E-state index contributed by atoms with van der Waals surface area (Å²) in [6.07, 6.45) is 4.02. The van der Waals surface area contributed by atoms with Crippen molar-refractivity contribution in [2.24, 2.45) is 0 Å². The molecule has 0 saturated carbocycles. The molecule has 2 aromatic carbocycles. The average Bonchev–Trinajstić information content (AvgIpc) is 2.80. The van der Waals surface area contributed by atoms with E-state index >= 15 is 0 Å². The Bertz CT molecular complexity index is 768. The van der Waals surface area contributed by atoms with Crippen molar-refractivity contribution < 1.29 is 4.79 Å². The Labute approximate surface area is 126 Å². The predicted octanol–water partition coefficient (Wildman–Crippen LogP) is 4.83. The van der Waals surface area contributed by atoms with Gasteiger partial charge in [-0.1, -0.05) is 75.2 Å². The summed E-state index contributed by atoms with van der Waals surface area (Å²) in [5.41, 5.74) is 4.70. The quantitative estimate of drug-likeness (QED) is 0.740. The topological polar surface area (TPSA) is 17.1 Å². The molecule has 0 bridgehead atoms. The molecule has 0 atom stereocenters. The number of carbonyl (C=O) groups excluding carboxylic acids is 1. The normalized spacial score (nSPS) is 15.2. The van der Waals surface area contributed by atoms with Crippen molar-refractivity contribution in [3.8, 4) is 0 Å². The van der Waals surface area contributed by atoms with Gasteiger partial charge in [-0.3, -0.25) is 4.79 Å². The van der Waals surface area contributed by atoms with Crippen LogP contribution in [0.15, 0.2) is 71.6 Å². The van der Waals surface area contributed by atoms with E-state index in [2.05, 4.69) is 6.30 Å². The van der Waals surface area contributed by atoms with E-state index in [1.165, 1.54) is 0 Å². The molecule has 0 radical (unpaired) electrons. The van der Waals surface area contributed by atoms with Crippen LogP contribution in [0.5, 0.6) is 0 Å². The van der Waals surface area contributed by atoms with Gasteiger partial charge in [0.15, 0.2) is 5.78 Å². The Kier molecular flexibility index (Phi) is 3.68.